The molecule has 17 heavy (non-hydrogen) atoms. The molecule has 0 amide bonds. The van der Waals surface area contributed by atoms with Crippen molar-refractivity contribution in [2.75, 3.05) is 5.32 Å². The molecule has 2 heterocycles. The largest absolute Gasteiger partial charge is 0.381 e. The molecule has 0 atom stereocenters. The summed E-state index contributed by atoms with van der Waals surface area (Å²) in [5, 5.41) is 15.7. The Bertz CT molecular complexity index is 644. The summed E-state index contributed by atoms with van der Waals surface area (Å²) in [4.78, 5) is 0. The third kappa shape index (κ3) is 2.21. The zero-order valence-electron chi connectivity index (χ0n) is 8.90. The summed E-state index contributed by atoms with van der Waals surface area (Å²) in [6.07, 6.45) is 1.83. The maximum Gasteiger partial charge on any atom is 0.0670 e. The van der Waals surface area contributed by atoms with Crippen molar-refractivity contribution in [3.05, 3.63) is 45.2 Å². The minimum absolute atomic E-state index is 0.823. The number of halogens is 1. The summed E-state index contributed by atoms with van der Waals surface area (Å²) >= 11 is 5.23. The van der Waals surface area contributed by atoms with Crippen LogP contribution in [-0.4, -0.2) is 10.2 Å². The van der Waals surface area contributed by atoms with E-state index in [0.717, 1.165) is 27.6 Å². The van der Waals surface area contributed by atoms with Crippen molar-refractivity contribution >= 4 is 43.9 Å². The molecule has 1 aromatic carbocycles. The lowest BCUT2D eigenvalue weighted by molar-refractivity contribution is 1.12. The van der Waals surface area contributed by atoms with Crippen LogP contribution in [0.15, 0.2) is 39.6 Å². The van der Waals surface area contributed by atoms with Crippen molar-refractivity contribution in [1.82, 2.24) is 10.2 Å². The van der Waals surface area contributed by atoms with Crippen molar-refractivity contribution in [3.8, 4) is 0 Å². The van der Waals surface area contributed by atoms with Crippen LogP contribution in [0, 0.1) is 0 Å². The monoisotopic (exact) mass is 307 g/mol. The van der Waals surface area contributed by atoms with Crippen molar-refractivity contribution in [2.45, 2.75) is 6.54 Å². The van der Waals surface area contributed by atoms with Gasteiger partial charge in [-0.05, 0) is 45.1 Å². The Morgan fingerprint density at radius 2 is 2.29 bits per heavy atom. The van der Waals surface area contributed by atoms with E-state index in [9.17, 15) is 0 Å². The number of fused-ring (bicyclic) bond motifs is 1. The molecule has 0 unspecified atom stereocenters. The first-order chi connectivity index (χ1) is 8.33. The van der Waals surface area contributed by atoms with Crippen LogP contribution in [-0.2, 0) is 6.54 Å². The molecule has 0 bridgehead atoms. The molecule has 5 heteroatoms. The van der Waals surface area contributed by atoms with Gasteiger partial charge in [0.2, 0.25) is 0 Å². The minimum atomic E-state index is 0.823. The van der Waals surface area contributed by atoms with Gasteiger partial charge in [0.05, 0.1) is 11.7 Å². The molecule has 0 fully saturated rings. The van der Waals surface area contributed by atoms with Crippen LogP contribution in [0.2, 0.25) is 0 Å². The van der Waals surface area contributed by atoms with E-state index in [2.05, 4.69) is 60.4 Å². The normalized spacial score (nSPS) is 10.9. The molecule has 0 saturated heterocycles. The highest BCUT2D eigenvalue weighted by molar-refractivity contribution is 9.10. The highest BCUT2D eigenvalue weighted by Crippen LogP contribution is 2.23. The lowest BCUT2D eigenvalue weighted by atomic mass is 10.2. The third-order valence-corrected chi connectivity index (χ3v) is 4.45. The average Bonchev–Trinajstić information content (AvgIpc) is 2.94. The summed E-state index contributed by atoms with van der Waals surface area (Å²) in [7, 11) is 0. The molecule has 86 valence electrons. The molecular weight excluding hydrogens is 298 g/mol. The Morgan fingerprint density at radius 1 is 1.35 bits per heavy atom. The van der Waals surface area contributed by atoms with Crippen LogP contribution in [0.25, 0.3) is 10.9 Å². The van der Waals surface area contributed by atoms with Crippen molar-refractivity contribution < 1.29 is 0 Å². The second-order valence-corrected chi connectivity index (χ2v) is 5.37. The van der Waals surface area contributed by atoms with Crippen LogP contribution in [0.5, 0.6) is 0 Å². The number of thiophene rings is 1. The number of aromatic amines is 1. The fourth-order valence-electron chi connectivity index (χ4n) is 1.68. The third-order valence-electron chi connectivity index (χ3n) is 2.61. The summed E-state index contributed by atoms with van der Waals surface area (Å²) in [5.74, 6) is 0. The van der Waals surface area contributed by atoms with Gasteiger partial charge in [-0.25, -0.2) is 0 Å². The molecule has 0 aliphatic carbocycles. The van der Waals surface area contributed by atoms with E-state index in [1.165, 1.54) is 5.56 Å². The maximum atomic E-state index is 4.01. The van der Waals surface area contributed by atoms with Gasteiger partial charge in [-0.2, -0.15) is 16.4 Å². The van der Waals surface area contributed by atoms with Gasteiger partial charge in [0.1, 0.15) is 0 Å². The van der Waals surface area contributed by atoms with Gasteiger partial charge >= 0.3 is 0 Å². The van der Waals surface area contributed by atoms with Crippen LogP contribution < -0.4 is 5.32 Å². The summed E-state index contributed by atoms with van der Waals surface area (Å²) in [6.45, 7) is 0.823. The molecule has 2 aromatic heterocycles. The van der Waals surface area contributed by atoms with Gasteiger partial charge in [0.25, 0.3) is 0 Å². The van der Waals surface area contributed by atoms with E-state index >= 15 is 0 Å². The summed E-state index contributed by atoms with van der Waals surface area (Å²) < 4.78 is 1.16. The van der Waals surface area contributed by atoms with E-state index < -0.39 is 0 Å². The van der Waals surface area contributed by atoms with Gasteiger partial charge in [-0.3, -0.25) is 5.10 Å². The lowest BCUT2D eigenvalue weighted by Gasteiger charge is -2.05. The van der Waals surface area contributed by atoms with E-state index in [1.807, 2.05) is 6.20 Å². The number of anilines is 1. The zero-order chi connectivity index (χ0) is 11.7. The smallest absolute Gasteiger partial charge is 0.0670 e. The minimum Gasteiger partial charge on any atom is -0.381 e. The van der Waals surface area contributed by atoms with Gasteiger partial charge in [-0.15, -0.1) is 0 Å². The summed E-state index contributed by atoms with van der Waals surface area (Å²) in [5.41, 5.74) is 3.43. The van der Waals surface area contributed by atoms with Crippen molar-refractivity contribution in [3.63, 3.8) is 0 Å². The van der Waals surface area contributed by atoms with Gasteiger partial charge in [0, 0.05) is 27.5 Å². The first kappa shape index (κ1) is 10.8. The fourth-order valence-corrected chi connectivity index (χ4v) is 3.12. The van der Waals surface area contributed by atoms with Crippen LogP contribution >= 0.6 is 27.3 Å². The summed E-state index contributed by atoms with van der Waals surface area (Å²) in [6, 6.07) is 6.20. The topological polar surface area (TPSA) is 40.7 Å². The second-order valence-electron chi connectivity index (χ2n) is 3.77. The SMILES string of the molecule is Brc1cscc1CNc1ccc2cn[nH]c2c1. The predicted octanol–water partition coefficient (Wildman–Crippen LogP) is 4.00. The number of H-pyrrole nitrogens is 1. The number of hydrogen-bond donors (Lipinski definition) is 2. The lowest BCUT2D eigenvalue weighted by Crippen LogP contribution is -1.98. The maximum absolute atomic E-state index is 4.01. The van der Waals surface area contributed by atoms with Gasteiger partial charge in [-0.1, -0.05) is 0 Å². The van der Waals surface area contributed by atoms with Gasteiger partial charge < -0.3 is 5.32 Å². The number of nitrogens with zero attached hydrogens (tertiary/aromatic N) is 1. The Hall–Kier alpha value is -1.33. The number of nitrogens with one attached hydrogen (secondary N) is 2. The molecule has 0 spiro atoms. The molecule has 3 nitrogen and oxygen atoms in total. The molecule has 2 N–H and O–H groups in total. The Balaban J connectivity index is 1.78. The van der Waals surface area contributed by atoms with Crippen LogP contribution in [0.1, 0.15) is 5.56 Å². The second kappa shape index (κ2) is 4.50. The molecule has 3 aromatic rings. The van der Waals surface area contributed by atoms with E-state index in [1.54, 1.807) is 11.3 Å². The number of aromatic nitrogens is 2. The standard InChI is InChI=1S/C12H10BrN3S/c13-11-7-17-6-9(11)4-14-10-2-1-8-5-15-16-12(8)3-10/h1-3,5-7,14H,4H2,(H,15,16). The predicted molar refractivity (Wildman–Crippen MR) is 75.4 cm³/mol. The molecule has 0 aliphatic heterocycles. The number of rotatable bonds is 3. The molecule has 0 radical (unpaired) electrons. The van der Waals surface area contributed by atoms with E-state index in [4.69, 9.17) is 0 Å². The highest BCUT2D eigenvalue weighted by atomic mass is 79.9. The highest BCUT2D eigenvalue weighted by Gasteiger charge is 2.01. The average molecular weight is 308 g/mol. The molecule has 3 rings (SSSR count). The van der Waals surface area contributed by atoms with Crippen LogP contribution in [0.3, 0.4) is 0 Å². The number of benzene rings is 1. The molecular formula is C12H10BrN3S. The van der Waals surface area contributed by atoms with E-state index in [-0.39, 0.29) is 0 Å². The Morgan fingerprint density at radius 3 is 3.12 bits per heavy atom. The fraction of sp³-hybridized carbons (Fsp3) is 0.0833. The quantitative estimate of drug-likeness (QED) is 0.768. The Labute approximate surface area is 111 Å². The van der Waals surface area contributed by atoms with Crippen molar-refractivity contribution in [1.29, 1.82) is 0 Å². The zero-order valence-corrected chi connectivity index (χ0v) is 11.3. The van der Waals surface area contributed by atoms with Gasteiger partial charge in [0.15, 0.2) is 0 Å². The molecule has 0 aliphatic rings. The number of hydrogen-bond acceptors (Lipinski definition) is 3. The van der Waals surface area contributed by atoms with E-state index in [0.29, 0.717) is 0 Å². The van der Waals surface area contributed by atoms with Crippen LogP contribution in [0.4, 0.5) is 5.69 Å². The Kier molecular flexibility index (Phi) is 2.86. The van der Waals surface area contributed by atoms with Crippen molar-refractivity contribution in [2.24, 2.45) is 0 Å². The first-order valence-corrected chi connectivity index (χ1v) is 6.94. The first-order valence-electron chi connectivity index (χ1n) is 5.20. The molecule has 0 saturated carbocycles.